The molecule has 3 N–H and O–H groups in total. The van der Waals surface area contributed by atoms with Gasteiger partial charge in [0, 0.05) is 34.4 Å². The second-order valence-electron chi connectivity index (χ2n) is 22.8. The van der Waals surface area contributed by atoms with E-state index in [-0.39, 0.29) is 50.2 Å². The SMILES string of the molecule is CC(c1nc(C(C)c2ccc(O)c(C(C)(C)C)c2C(C)(C)C)nc(C(C)c2ccc(O)c(C(C)(C)C)c2C(C)(C)C)n1)c1ccc(O)c(C(C)(C)C)c1C(C)(C)C. The predicted octanol–water partition coefficient (Wildman–Crippen LogP) is 13.2. The van der Waals surface area contributed by atoms with Gasteiger partial charge in [0.25, 0.3) is 0 Å². The fraction of sp³-hybridized carbons (Fsp3) is 0.588. The number of benzene rings is 3. The van der Waals surface area contributed by atoms with Crippen LogP contribution in [0.25, 0.3) is 0 Å². The molecule has 1 heterocycles. The average Bonchev–Trinajstić information content (AvgIpc) is 3.03. The first kappa shape index (κ1) is 45.8. The van der Waals surface area contributed by atoms with E-state index in [2.05, 4.69) is 145 Å². The lowest BCUT2D eigenvalue weighted by atomic mass is 9.70. The Balaban J connectivity index is 2.16. The van der Waals surface area contributed by atoms with Gasteiger partial charge in [-0.2, -0.15) is 0 Å². The lowest BCUT2D eigenvalue weighted by Gasteiger charge is -2.35. The fourth-order valence-corrected chi connectivity index (χ4v) is 9.03. The van der Waals surface area contributed by atoms with Crippen molar-refractivity contribution in [2.45, 2.75) is 196 Å². The normalized spacial score (nSPS) is 15.1. The number of hydrogen-bond donors (Lipinski definition) is 3. The molecular formula is C51H75N3O3. The lowest BCUT2D eigenvalue weighted by Crippen LogP contribution is -2.27. The molecule has 312 valence electrons. The Morgan fingerprint density at radius 1 is 0.316 bits per heavy atom. The Labute approximate surface area is 346 Å². The van der Waals surface area contributed by atoms with Crippen molar-refractivity contribution in [2.24, 2.45) is 0 Å². The van der Waals surface area contributed by atoms with Crippen LogP contribution in [0.1, 0.15) is 231 Å². The Hall–Kier alpha value is -3.93. The summed E-state index contributed by atoms with van der Waals surface area (Å²) in [4.78, 5) is 16.2. The van der Waals surface area contributed by atoms with Crippen molar-refractivity contribution in [1.82, 2.24) is 15.0 Å². The van der Waals surface area contributed by atoms with Gasteiger partial charge in [-0.25, -0.2) is 15.0 Å². The highest BCUT2D eigenvalue weighted by molar-refractivity contribution is 5.56. The summed E-state index contributed by atoms with van der Waals surface area (Å²) < 4.78 is 0. The smallest absolute Gasteiger partial charge is 0.139 e. The standard InChI is InChI=1S/C51H75N3O3/c1-28(31-22-25-34(55)40(49(13,14)15)37(31)46(4,5)6)43-52-44(29(2)32-23-26-35(56)41(50(16,17)18)38(32)47(7,8)9)54-45(53-43)30(3)33-24-27-36(57)42(51(19,20)21)39(33)48(10,11)12/h22-30,55-57H,1-21H3. The van der Waals surface area contributed by atoms with Crippen molar-refractivity contribution in [2.75, 3.05) is 0 Å². The molecule has 3 atom stereocenters. The molecule has 0 aliphatic carbocycles. The van der Waals surface area contributed by atoms with Crippen molar-refractivity contribution < 1.29 is 15.3 Å². The number of aromatic hydroxyl groups is 3. The second kappa shape index (κ2) is 15.0. The zero-order valence-corrected chi connectivity index (χ0v) is 39.4. The molecule has 0 aliphatic heterocycles. The Morgan fingerprint density at radius 2 is 0.491 bits per heavy atom. The van der Waals surface area contributed by atoms with Gasteiger partial charge < -0.3 is 15.3 Å². The van der Waals surface area contributed by atoms with Gasteiger partial charge in [0.1, 0.15) is 34.7 Å². The van der Waals surface area contributed by atoms with Crippen LogP contribution in [0.4, 0.5) is 0 Å². The van der Waals surface area contributed by atoms with Gasteiger partial charge in [-0.05, 0) is 84.1 Å². The number of rotatable bonds is 6. The molecule has 0 radical (unpaired) electrons. The summed E-state index contributed by atoms with van der Waals surface area (Å²) >= 11 is 0. The number of aromatic nitrogens is 3. The topological polar surface area (TPSA) is 99.4 Å². The summed E-state index contributed by atoms with van der Waals surface area (Å²) in [6.07, 6.45) is 0. The first-order valence-corrected chi connectivity index (χ1v) is 21.0. The van der Waals surface area contributed by atoms with Crippen LogP contribution in [0.3, 0.4) is 0 Å². The summed E-state index contributed by atoms with van der Waals surface area (Å²) in [5, 5.41) is 34.1. The van der Waals surface area contributed by atoms with E-state index in [4.69, 9.17) is 15.0 Å². The quantitative estimate of drug-likeness (QED) is 0.180. The van der Waals surface area contributed by atoms with E-state index in [1.807, 2.05) is 36.4 Å². The van der Waals surface area contributed by atoms with Crippen molar-refractivity contribution in [3.8, 4) is 17.2 Å². The molecule has 0 bridgehead atoms. The molecule has 0 saturated carbocycles. The van der Waals surface area contributed by atoms with Gasteiger partial charge in [0.2, 0.25) is 0 Å². The van der Waals surface area contributed by atoms with Crippen LogP contribution in [-0.2, 0) is 32.5 Å². The van der Waals surface area contributed by atoms with E-state index >= 15 is 0 Å². The molecule has 0 spiro atoms. The maximum atomic E-state index is 11.4. The number of phenols is 3. The van der Waals surface area contributed by atoms with Crippen molar-refractivity contribution in [3.63, 3.8) is 0 Å². The first-order valence-electron chi connectivity index (χ1n) is 21.0. The monoisotopic (exact) mass is 778 g/mol. The van der Waals surface area contributed by atoms with Crippen molar-refractivity contribution in [3.05, 3.63) is 104 Å². The molecule has 57 heavy (non-hydrogen) atoms. The highest BCUT2D eigenvalue weighted by atomic mass is 16.3. The summed E-state index contributed by atoms with van der Waals surface area (Å²) in [6.45, 7) is 45.8. The van der Waals surface area contributed by atoms with Gasteiger partial charge in [-0.3, -0.25) is 0 Å². The summed E-state index contributed by atoms with van der Waals surface area (Å²) in [7, 11) is 0. The van der Waals surface area contributed by atoms with Crippen LogP contribution in [-0.4, -0.2) is 30.3 Å². The van der Waals surface area contributed by atoms with Crippen LogP contribution >= 0.6 is 0 Å². The van der Waals surface area contributed by atoms with E-state index in [0.29, 0.717) is 34.7 Å². The van der Waals surface area contributed by atoms with Gasteiger partial charge in [0.05, 0.1) is 0 Å². The van der Waals surface area contributed by atoms with Crippen LogP contribution < -0.4 is 0 Å². The maximum Gasteiger partial charge on any atom is 0.139 e. The molecule has 1 aromatic heterocycles. The molecule has 0 fully saturated rings. The summed E-state index contributed by atoms with van der Waals surface area (Å²) in [5.41, 5.74) is 7.65. The third kappa shape index (κ3) is 9.21. The average molecular weight is 778 g/mol. The first-order chi connectivity index (χ1) is 25.6. The van der Waals surface area contributed by atoms with Gasteiger partial charge in [0.15, 0.2) is 0 Å². The van der Waals surface area contributed by atoms with Crippen molar-refractivity contribution in [1.29, 1.82) is 0 Å². The molecule has 3 aromatic carbocycles. The van der Waals surface area contributed by atoms with Crippen LogP contribution in [0.15, 0.2) is 36.4 Å². The summed E-state index contributed by atoms with van der Waals surface area (Å²) in [5.74, 6) is 2.21. The van der Waals surface area contributed by atoms with Gasteiger partial charge in [-0.1, -0.05) is 164 Å². The maximum absolute atomic E-state index is 11.4. The molecule has 0 amide bonds. The molecule has 6 heteroatoms. The van der Waals surface area contributed by atoms with Gasteiger partial charge in [-0.15, -0.1) is 0 Å². The highest BCUT2D eigenvalue weighted by Gasteiger charge is 2.37. The fourth-order valence-electron chi connectivity index (χ4n) is 9.03. The molecule has 0 saturated heterocycles. The molecule has 4 rings (SSSR count). The number of nitrogens with zero attached hydrogens (tertiary/aromatic N) is 3. The molecule has 6 nitrogen and oxygen atoms in total. The van der Waals surface area contributed by atoms with Crippen LogP contribution in [0.2, 0.25) is 0 Å². The molecule has 3 unspecified atom stereocenters. The lowest BCUT2D eigenvalue weighted by molar-refractivity contribution is 0.433. The zero-order chi connectivity index (χ0) is 43.8. The van der Waals surface area contributed by atoms with Gasteiger partial charge >= 0.3 is 0 Å². The Bertz CT molecular complexity index is 1870. The minimum absolute atomic E-state index is 0.236. The highest BCUT2D eigenvalue weighted by Crippen LogP contribution is 2.48. The minimum Gasteiger partial charge on any atom is -0.508 e. The minimum atomic E-state index is -0.305. The molecule has 0 aliphatic rings. The largest absolute Gasteiger partial charge is 0.508 e. The third-order valence-electron chi connectivity index (χ3n) is 11.4. The zero-order valence-electron chi connectivity index (χ0n) is 39.4. The Kier molecular flexibility index (Phi) is 12.1. The molecule has 4 aromatic rings. The van der Waals surface area contributed by atoms with Crippen molar-refractivity contribution >= 4 is 0 Å². The second-order valence-corrected chi connectivity index (χ2v) is 22.8. The summed E-state index contributed by atoms with van der Waals surface area (Å²) in [6, 6.07) is 11.6. The van der Waals surface area contributed by atoms with Crippen LogP contribution in [0.5, 0.6) is 17.2 Å². The van der Waals surface area contributed by atoms with E-state index in [1.165, 1.54) is 0 Å². The Morgan fingerprint density at radius 3 is 0.649 bits per heavy atom. The number of hydrogen-bond acceptors (Lipinski definition) is 6. The molecular weight excluding hydrogens is 703 g/mol. The number of phenolic OH excluding ortho intramolecular Hbond substituents is 3. The van der Waals surface area contributed by atoms with E-state index in [9.17, 15) is 15.3 Å². The van der Waals surface area contributed by atoms with E-state index < -0.39 is 0 Å². The third-order valence-corrected chi connectivity index (χ3v) is 11.4. The van der Waals surface area contributed by atoms with Crippen LogP contribution in [0, 0.1) is 0 Å². The van der Waals surface area contributed by atoms with E-state index in [0.717, 1.165) is 50.1 Å². The van der Waals surface area contributed by atoms with E-state index in [1.54, 1.807) is 0 Å². The predicted molar refractivity (Wildman–Crippen MR) is 239 cm³/mol.